The number of nitrogens with zero attached hydrogens (tertiary/aromatic N) is 2. The monoisotopic (exact) mass is 374 g/mol. The highest BCUT2D eigenvalue weighted by Gasteiger charge is 2.25. The van der Waals surface area contributed by atoms with Crippen molar-refractivity contribution in [3.8, 4) is 11.5 Å². The maximum atomic E-state index is 13.0. The van der Waals surface area contributed by atoms with Crippen LogP contribution in [0.3, 0.4) is 0 Å². The van der Waals surface area contributed by atoms with Gasteiger partial charge in [0.05, 0.1) is 0 Å². The number of carbonyl (C=O) groups is 1. The van der Waals surface area contributed by atoms with E-state index in [0.29, 0.717) is 23.6 Å². The minimum Gasteiger partial charge on any atom is -0.454 e. The van der Waals surface area contributed by atoms with Crippen molar-refractivity contribution in [3.05, 3.63) is 44.6 Å². The molecule has 0 spiro atoms. The summed E-state index contributed by atoms with van der Waals surface area (Å²) in [6, 6.07) is 4.79. The Kier molecular flexibility index (Phi) is 5.20. The molecule has 1 aliphatic heterocycles. The summed E-state index contributed by atoms with van der Waals surface area (Å²) in [5, 5.41) is 0. The molecule has 0 fully saturated rings. The van der Waals surface area contributed by atoms with Gasteiger partial charge in [0, 0.05) is 18.7 Å². The smallest absolute Gasteiger partial charge is 0.330 e. The van der Waals surface area contributed by atoms with Gasteiger partial charge in [0.25, 0.3) is 11.5 Å². The second kappa shape index (κ2) is 7.56. The van der Waals surface area contributed by atoms with Crippen molar-refractivity contribution in [2.75, 3.05) is 24.0 Å². The summed E-state index contributed by atoms with van der Waals surface area (Å²) in [6.07, 6.45) is 1.58. The van der Waals surface area contributed by atoms with Crippen LogP contribution in [0.4, 0.5) is 11.5 Å². The van der Waals surface area contributed by atoms with Crippen molar-refractivity contribution < 1.29 is 14.3 Å². The van der Waals surface area contributed by atoms with Gasteiger partial charge >= 0.3 is 5.69 Å². The molecular formula is C18H22N4O5. The standard InChI is InChI=1S/C18H22N4O5/c1-3-5-8-22-15(19)14(16(23)20-18(22)25)21(4-2)17(24)11-6-7-12-13(9-11)27-10-26-12/h6-7,9H,3-5,8,10,19H2,1-2H3,(H,20,23,25). The molecule has 2 heterocycles. The van der Waals surface area contributed by atoms with E-state index in [1.807, 2.05) is 6.92 Å². The lowest BCUT2D eigenvalue weighted by Crippen LogP contribution is -2.41. The zero-order valence-electron chi connectivity index (χ0n) is 15.3. The summed E-state index contributed by atoms with van der Waals surface area (Å²) in [6.45, 7) is 4.37. The minimum absolute atomic E-state index is 0.0202. The Morgan fingerprint density at radius 1 is 1.26 bits per heavy atom. The first kappa shape index (κ1) is 18.6. The molecule has 9 heteroatoms. The van der Waals surface area contributed by atoms with E-state index in [1.165, 1.54) is 9.47 Å². The number of anilines is 2. The summed E-state index contributed by atoms with van der Waals surface area (Å²) in [5.41, 5.74) is 5.13. The van der Waals surface area contributed by atoms with E-state index in [2.05, 4.69) is 4.98 Å². The van der Waals surface area contributed by atoms with E-state index in [9.17, 15) is 14.4 Å². The number of hydrogen-bond acceptors (Lipinski definition) is 6. The number of rotatable bonds is 6. The van der Waals surface area contributed by atoms with Gasteiger partial charge in [0.15, 0.2) is 17.2 Å². The average molecular weight is 374 g/mol. The number of hydrogen-bond donors (Lipinski definition) is 2. The summed E-state index contributed by atoms with van der Waals surface area (Å²) < 4.78 is 11.8. The molecule has 1 aliphatic rings. The number of aromatic nitrogens is 2. The number of H-pyrrole nitrogens is 1. The summed E-state index contributed by atoms with van der Waals surface area (Å²) in [4.78, 5) is 41.0. The third-order valence-corrected chi connectivity index (χ3v) is 4.40. The Balaban J connectivity index is 2.03. The first-order chi connectivity index (χ1) is 13.0. The third kappa shape index (κ3) is 3.40. The first-order valence-electron chi connectivity index (χ1n) is 8.82. The Morgan fingerprint density at radius 3 is 2.70 bits per heavy atom. The average Bonchev–Trinajstić information content (AvgIpc) is 3.12. The fourth-order valence-electron chi connectivity index (χ4n) is 2.97. The molecule has 0 atom stereocenters. The van der Waals surface area contributed by atoms with Gasteiger partial charge in [-0.1, -0.05) is 13.3 Å². The maximum Gasteiger partial charge on any atom is 0.330 e. The molecule has 2 aromatic rings. The van der Waals surface area contributed by atoms with Crippen molar-refractivity contribution in [2.24, 2.45) is 0 Å². The highest BCUT2D eigenvalue weighted by atomic mass is 16.7. The number of ether oxygens (including phenoxy) is 2. The van der Waals surface area contributed by atoms with Crippen LogP contribution in [-0.2, 0) is 6.54 Å². The highest BCUT2D eigenvalue weighted by molar-refractivity contribution is 6.07. The number of nitrogens with two attached hydrogens (primary N) is 1. The van der Waals surface area contributed by atoms with Gasteiger partial charge in [-0.3, -0.25) is 19.1 Å². The first-order valence-corrected chi connectivity index (χ1v) is 8.82. The van der Waals surface area contributed by atoms with Gasteiger partial charge in [-0.15, -0.1) is 0 Å². The van der Waals surface area contributed by atoms with Gasteiger partial charge < -0.3 is 20.1 Å². The van der Waals surface area contributed by atoms with Crippen LogP contribution in [0.25, 0.3) is 0 Å². The van der Waals surface area contributed by atoms with Crippen LogP contribution in [0.15, 0.2) is 27.8 Å². The number of benzene rings is 1. The molecule has 3 N–H and O–H groups in total. The number of amides is 1. The Hall–Kier alpha value is -3.23. The fourth-order valence-corrected chi connectivity index (χ4v) is 2.97. The number of nitrogen functional groups attached to an aromatic ring is 1. The van der Waals surface area contributed by atoms with Crippen LogP contribution in [0.5, 0.6) is 11.5 Å². The van der Waals surface area contributed by atoms with Crippen molar-refractivity contribution in [3.63, 3.8) is 0 Å². The predicted octanol–water partition coefficient (Wildman–Crippen LogP) is 1.31. The van der Waals surface area contributed by atoms with Gasteiger partial charge in [-0.2, -0.15) is 0 Å². The van der Waals surface area contributed by atoms with Crippen LogP contribution in [0.1, 0.15) is 37.0 Å². The Bertz CT molecular complexity index is 979. The normalized spacial score (nSPS) is 12.2. The predicted molar refractivity (Wildman–Crippen MR) is 101 cm³/mol. The van der Waals surface area contributed by atoms with E-state index in [0.717, 1.165) is 12.8 Å². The van der Waals surface area contributed by atoms with Crippen LogP contribution in [-0.4, -0.2) is 28.8 Å². The lowest BCUT2D eigenvalue weighted by molar-refractivity contribution is 0.0987. The third-order valence-electron chi connectivity index (χ3n) is 4.40. The van der Waals surface area contributed by atoms with Crippen LogP contribution in [0.2, 0.25) is 0 Å². The minimum atomic E-state index is -0.693. The number of nitrogens with one attached hydrogen (secondary N) is 1. The Morgan fingerprint density at radius 2 is 2.00 bits per heavy atom. The number of carbonyl (C=O) groups excluding carboxylic acids is 1. The van der Waals surface area contributed by atoms with Gasteiger partial charge in [0.1, 0.15) is 5.82 Å². The lowest BCUT2D eigenvalue weighted by Gasteiger charge is -2.23. The molecule has 0 saturated carbocycles. The second-order valence-electron chi connectivity index (χ2n) is 6.12. The van der Waals surface area contributed by atoms with E-state index in [-0.39, 0.29) is 24.8 Å². The summed E-state index contributed by atoms with van der Waals surface area (Å²) >= 11 is 0. The molecule has 3 rings (SSSR count). The molecule has 1 aromatic carbocycles. The lowest BCUT2D eigenvalue weighted by atomic mass is 10.1. The molecule has 0 radical (unpaired) electrons. The number of unbranched alkanes of at least 4 members (excludes halogenated alkanes) is 1. The van der Waals surface area contributed by atoms with Crippen LogP contribution >= 0.6 is 0 Å². The van der Waals surface area contributed by atoms with Crippen molar-refractivity contribution in [2.45, 2.75) is 33.2 Å². The largest absolute Gasteiger partial charge is 0.454 e. The van der Waals surface area contributed by atoms with E-state index in [1.54, 1.807) is 25.1 Å². The van der Waals surface area contributed by atoms with Crippen molar-refractivity contribution in [1.29, 1.82) is 0 Å². The molecule has 144 valence electrons. The van der Waals surface area contributed by atoms with Gasteiger partial charge in [-0.05, 0) is 31.5 Å². The quantitative estimate of drug-likeness (QED) is 0.787. The zero-order valence-corrected chi connectivity index (χ0v) is 15.3. The van der Waals surface area contributed by atoms with Crippen molar-refractivity contribution >= 4 is 17.4 Å². The van der Waals surface area contributed by atoms with E-state index < -0.39 is 17.2 Å². The number of aromatic amines is 1. The topological polar surface area (TPSA) is 120 Å². The SMILES string of the molecule is CCCCn1c(N)c(N(CC)C(=O)c2ccc3c(c2)OCO3)c(=O)[nH]c1=O. The maximum absolute atomic E-state index is 13.0. The van der Waals surface area contributed by atoms with Crippen LogP contribution in [0, 0.1) is 0 Å². The molecular weight excluding hydrogens is 352 g/mol. The highest BCUT2D eigenvalue weighted by Crippen LogP contribution is 2.33. The van der Waals surface area contributed by atoms with Gasteiger partial charge in [0.2, 0.25) is 6.79 Å². The summed E-state index contributed by atoms with van der Waals surface area (Å²) in [7, 11) is 0. The molecule has 0 bridgehead atoms. The van der Waals surface area contributed by atoms with E-state index in [4.69, 9.17) is 15.2 Å². The van der Waals surface area contributed by atoms with Gasteiger partial charge in [-0.25, -0.2) is 4.79 Å². The second-order valence-corrected chi connectivity index (χ2v) is 6.12. The van der Waals surface area contributed by atoms with Crippen LogP contribution < -0.4 is 31.4 Å². The van der Waals surface area contributed by atoms with Crippen molar-refractivity contribution in [1.82, 2.24) is 9.55 Å². The molecule has 1 aromatic heterocycles. The molecule has 27 heavy (non-hydrogen) atoms. The fraction of sp³-hybridized carbons (Fsp3) is 0.389. The number of fused-ring (bicyclic) bond motifs is 1. The molecule has 1 amide bonds. The molecule has 0 aliphatic carbocycles. The molecule has 9 nitrogen and oxygen atoms in total. The summed E-state index contributed by atoms with van der Waals surface area (Å²) in [5.74, 6) is 0.577. The molecule has 0 saturated heterocycles. The molecule has 0 unspecified atom stereocenters. The zero-order chi connectivity index (χ0) is 19.6. The van der Waals surface area contributed by atoms with E-state index >= 15 is 0 Å². The Labute approximate surface area is 155 Å².